The van der Waals surface area contributed by atoms with Crippen molar-refractivity contribution in [2.75, 3.05) is 7.05 Å². The zero-order valence-corrected chi connectivity index (χ0v) is 12.7. The molecule has 1 aliphatic rings. The number of nitrogens with one attached hydrogen (secondary N) is 1. The number of hydrogen-bond acceptors (Lipinski definition) is 1. The van der Waals surface area contributed by atoms with E-state index in [1.54, 1.807) is 0 Å². The van der Waals surface area contributed by atoms with E-state index in [9.17, 15) is 0 Å². The molecule has 1 unspecified atom stereocenters. The molecule has 0 bridgehead atoms. The van der Waals surface area contributed by atoms with Gasteiger partial charge in [-0.2, -0.15) is 0 Å². The largest absolute Gasteiger partial charge is 0.313 e. The summed E-state index contributed by atoms with van der Waals surface area (Å²) in [6.07, 6.45) is 8.49. The van der Waals surface area contributed by atoms with Crippen molar-refractivity contribution in [1.29, 1.82) is 0 Å². The van der Waals surface area contributed by atoms with Gasteiger partial charge in [0, 0.05) is 9.61 Å². The molecule has 1 saturated carbocycles. The van der Waals surface area contributed by atoms with Gasteiger partial charge in [-0.15, -0.1) is 0 Å². The van der Waals surface area contributed by atoms with Crippen LogP contribution in [0, 0.1) is 9.49 Å². The Morgan fingerprint density at radius 1 is 1.24 bits per heavy atom. The van der Waals surface area contributed by atoms with Crippen LogP contribution in [0.2, 0.25) is 0 Å². The van der Waals surface area contributed by atoms with Crippen molar-refractivity contribution >= 4 is 22.6 Å². The maximum absolute atomic E-state index is 3.50. The lowest BCUT2D eigenvalue weighted by Crippen LogP contribution is -2.22. The molecule has 1 aromatic rings. The van der Waals surface area contributed by atoms with Crippen LogP contribution in [-0.4, -0.2) is 7.05 Å². The Hall–Kier alpha value is -0.0900. The van der Waals surface area contributed by atoms with Gasteiger partial charge in [-0.25, -0.2) is 0 Å². The van der Waals surface area contributed by atoms with Gasteiger partial charge in [0.05, 0.1) is 0 Å². The Balaban J connectivity index is 2.03. The Morgan fingerprint density at radius 2 is 1.94 bits per heavy atom. The van der Waals surface area contributed by atoms with E-state index in [2.05, 4.69) is 59.2 Å². The second-order valence-corrected chi connectivity index (χ2v) is 6.26. The number of rotatable bonds is 4. The summed E-state index contributed by atoms with van der Waals surface area (Å²) in [4.78, 5) is 0. The Labute approximate surface area is 119 Å². The standard InChI is InChI=1S/C15H22IN/c1-17-15(11-12-7-3-2-4-8-12)13-9-5-6-10-14(13)16/h5-6,9-10,12,15,17H,2-4,7-8,11H2,1H3. The van der Waals surface area contributed by atoms with Crippen LogP contribution in [0.15, 0.2) is 24.3 Å². The first-order chi connectivity index (χ1) is 8.31. The quantitative estimate of drug-likeness (QED) is 0.793. The molecule has 1 aliphatic carbocycles. The first-order valence-corrected chi connectivity index (χ1v) is 7.81. The molecule has 1 nitrogen and oxygen atoms in total. The summed E-state index contributed by atoms with van der Waals surface area (Å²) in [5.74, 6) is 0.928. The molecule has 2 rings (SSSR count). The van der Waals surface area contributed by atoms with Crippen LogP contribution in [0.3, 0.4) is 0 Å². The fourth-order valence-corrected chi connectivity index (χ4v) is 3.68. The molecule has 17 heavy (non-hydrogen) atoms. The van der Waals surface area contributed by atoms with Crippen molar-refractivity contribution in [3.05, 3.63) is 33.4 Å². The van der Waals surface area contributed by atoms with Crippen molar-refractivity contribution in [2.45, 2.75) is 44.6 Å². The SMILES string of the molecule is CNC(CC1CCCCC1)c1ccccc1I. The van der Waals surface area contributed by atoms with Crippen molar-refractivity contribution in [1.82, 2.24) is 5.32 Å². The molecule has 0 radical (unpaired) electrons. The molecule has 1 aromatic carbocycles. The van der Waals surface area contributed by atoms with Crippen LogP contribution in [-0.2, 0) is 0 Å². The molecule has 2 heteroatoms. The second-order valence-electron chi connectivity index (χ2n) is 5.10. The molecule has 0 spiro atoms. The molecular weight excluding hydrogens is 321 g/mol. The summed E-state index contributed by atoms with van der Waals surface area (Å²) in [7, 11) is 2.09. The van der Waals surface area contributed by atoms with E-state index in [1.807, 2.05) is 0 Å². The predicted octanol–water partition coefficient (Wildman–Crippen LogP) is 4.52. The van der Waals surface area contributed by atoms with Gasteiger partial charge in [-0.05, 0) is 53.6 Å². The van der Waals surface area contributed by atoms with E-state index < -0.39 is 0 Å². The summed E-state index contributed by atoms with van der Waals surface area (Å²) >= 11 is 2.45. The number of halogens is 1. The zero-order chi connectivity index (χ0) is 12.1. The summed E-state index contributed by atoms with van der Waals surface area (Å²) in [5.41, 5.74) is 1.47. The van der Waals surface area contributed by atoms with Crippen LogP contribution >= 0.6 is 22.6 Å². The fourth-order valence-electron chi connectivity index (χ4n) is 2.91. The zero-order valence-electron chi connectivity index (χ0n) is 10.6. The van der Waals surface area contributed by atoms with E-state index >= 15 is 0 Å². The van der Waals surface area contributed by atoms with E-state index in [0.29, 0.717) is 6.04 Å². The van der Waals surface area contributed by atoms with E-state index in [-0.39, 0.29) is 0 Å². The molecule has 1 atom stereocenters. The maximum atomic E-state index is 3.50. The molecule has 0 amide bonds. The number of benzene rings is 1. The Kier molecular flexibility index (Phi) is 5.29. The third-order valence-electron chi connectivity index (χ3n) is 3.92. The highest BCUT2D eigenvalue weighted by atomic mass is 127. The van der Waals surface area contributed by atoms with Crippen LogP contribution in [0.25, 0.3) is 0 Å². The average Bonchev–Trinajstić information content (AvgIpc) is 2.38. The van der Waals surface area contributed by atoms with Crippen LogP contribution < -0.4 is 5.32 Å². The summed E-state index contributed by atoms with van der Waals surface area (Å²) in [6.45, 7) is 0. The summed E-state index contributed by atoms with van der Waals surface area (Å²) in [5, 5.41) is 3.50. The van der Waals surface area contributed by atoms with Gasteiger partial charge in [0.1, 0.15) is 0 Å². The minimum Gasteiger partial charge on any atom is -0.313 e. The van der Waals surface area contributed by atoms with E-state index in [0.717, 1.165) is 5.92 Å². The topological polar surface area (TPSA) is 12.0 Å². The summed E-state index contributed by atoms with van der Waals surface area (Å²) < 4.78 is 1.39. The normalized spacial score (nSPS) is 19.2. The molecule has 94 valence electrons. The average molecular weight is 343 g/mol. The first kappa shape index (κ1) is 13.3. The molecule has 1 N–H and O–H groups in total. The molecular formula is C15H22IN. The van der Waals surface area contributed by atoms with Crippen molar-refractivity contribution < 1.29 is 0 Å². The third kappa shape index (κ3) is 3.68. The van der Waals surface area contributed by atoms with Gasteiger partial charge >= 0.3 is 0 Å². The van der Waals surface area contributed by atoms with Crippen LogP contribution in [0.5, 0.6) is 0 Å². The molecule has 0 heterocycles. The van der Waals surface area contributed by atoms with Crippen LogP contribution in [0.4, 0.5) is 0 Å². The first-order valence-electron chi connectivity index (χ1n) is 6.73. The van der Waals surface area contributed by atoms with Crippen molar-refractivity contribution in [3.8, 4) is 0 Å². The smallest absolute Gasteiger partial charge is 0.0330 e. The summed E-state index contributed by atoms with van der Waals surface area (Å²) in [6, 6.07) is 9.29. The lowest BCUT2D eigenvalue weighted by Gasteiger charge is -2.27. The minimum absolute atomic E-state index is 0.534. The molecule has 0 aromatic heterocycles. The highest BCUT2D eigenvalue weighted by molar-refractivity contribution is 14.1. The fraction of sp³-hybridized carbons (Fsp3) is 0.600. The van der Waals surface area contributed by atoms with Crippen molar-refractivity contribution in [2.24, 2.45) is 5.92 Å². The monoisotopic (exact) mass is 343 g/mol. The highest BCUT2D eigenvalue weighted by Crippen LogP contribution is 2.32. The van der Waals surface area contributed by atoms with Gasteiger partial charge in [-0.1, -0.05) is 50.3 Å². The third-order valence-corrected chi connectivity index (χ3v) is 4.91. The molecule has 0 aliphatic heterocycles. The van der Waals surface area contributed by atoms with E-state index in [1.165, 1.54) is 47.7 Å². The van der Waals surface area contributed by atoms with Crippen molar-refractivity contribution in [3.63, 3.8) is 0 Å². The highest BCUT2D eigenvalue weighted by Gasteiger charge is 2.20. The maximum Gasteiger partial charge on any atom is 0.0330 e. The van der Waals surface area contributed by atoms with Crippen LogP contribution in [0.1, 0.15) is 50.1 Å². The van der Waals surface area contributed by atoms with Gasteiger partial charge in [0.25, 0.3) is 0 Å². The lowest BCUT2D eigenvalue weighted by atomic mass is 9.83. The van der Waals surface area contributed by atoms with Gasteiger partial charge in [0.2, 0.25) is 0 Å². The molecule has 0 saturated heterocycles. The number of hydrogen-bond donors (Lipinski definition) is 1. The molecule has 1 fully saturated rings. The van der Waals surface area contributed by atoms with Gasteiger partial charge in [-0.3, -0.25) is 0 Å². The Morgan fingerprint density at radius 3 is 2.59 bits per heavy atom. The minimum atomic E-state index is 0.534. The second kappa shape index (κ2) is 6.74. The predicted molar refractivity (Wildman–Crippen MR) is 82.2 cm³/mol. The Bertz CT molecular complexity index is 345. The van der Waals surface area contributed by atoms with Gasteiger partial charge in [0.15, 0.2) is 0 Å². The lowest BCUT2D eigenvalue weighted by molar-refractivity contribution is 0.305. The van der Waals surface area contributed by atoms with E-state index in [4.69, 9.17) is 0 Å². The van der Waals surface area contributed by atoms with Gasteiger partial charge < -0.3 is 5.32 Å².